The molecule has 8 aromatic carbocycles. The molecule has 2 aliphatic heterocycles. The van der Waals surface area contributed by atoms with E-state index in [9.17, 15) is 15.0 Å². The summed E-state index contributed by atoms with van der Waals surface area (Å²) in [5, 5.41) is 22.8. The zero-order chi connectivity index (χ0) is 62.5. The quantitative estimate of drug-likeness (QED) is 0.0355. The van der Waals surface area contributed by atoms with E-state index in [2.05, 4.69) is 0 Å². The van der Waals surface area contributed by atoms with Gasteiger partial charge in [-0.3, -0.25) is 4.79 Å². The Balaban J connectivity index is 0.849. The van der Waals surface area contributed by atoms with Gasteiger partial charge in [-0.25, -0.2) is 0 Å². The van der Waals surface area contributed by atoms with E-state index < -0.39 is 68.0 Å². The summed E-state index contributed by atoms with van der Waals surface area (Å²) in [7, 11) is 0. The molecule has 0 aromatic heterocycles. The Morgan fingerprint density at radius 3 is 1.30 bits per heavy atom. The minimum Gasteiger partial charge on any atom is -0.394 e. The maximum Gasteiger partial charge on any atom is 0.254 e. The Kier molecular flexibility index (Phi) is 26.8. The lowest BCUT2D eigenvalue weighted by molar-refractivity contribution is -0.375. The minimum absolute atomic E-state index is 0.0101. The summed E-state index contributed by atoms with van der Waals surface area (Å²) in [6.07, 6.45) is -10.6. The summed E-state index contributed by atoms with van der Waals surface area (Å²) in [6, 6.07) is 76.2. The molecule has 10 rings (SSSR count). The van der Waals surface area contributed by atoms with E-state index >= 15 is 0 Å². The average Bonchev–Trinajstić information content (AvgIpc) is 1.77. The van der Waals surface area contributed by atoms with Gasteiger partial charge in [0.25, 0.3) is 5.91 Å². The van der Waals surface area contributed by atoms with Crippen LogP contribution >= 0.6 is 0 Å². The van der Waals surface area contributed by atoms with Gasteiger partial charge < -0.3 is 72.0 Å². The van der Waals surface area contributed by atoms with Gasteiger partial charge in [0, 0.05) is 18.7 Å². The lowest BCUT2D eigenvalue weighted by atomic mass is 9.96. The van der Waals surface area contributed by atoms with Gasteiger partial charge in [-0.05, 0) is 50.6 Å². The number of ether oxygens (including phenoxy) is 12. The van der Waals surface area contributed by atoms with Gasteiger partial charge in [-0.15, -0.1) is 0 Å². The average molecular weight is 1240 g/mol. The van der Waals surface area contributed by atoms with Gasteiger partial charge in [-0.2, -0.15) is 0 Å². The number of carbonyl (C=O) groups excluding carboxylic acids is 1. The molecule has 91 heavy (non-hydrogen) atoms. The van der Waals surface area contributed by atoms with Gasteiger partial charge in [0.1, 0.15) is 48.8 Å². The number of amides is 1. The van der Waals surface area contributed by atoms with Crippen LogP contribution in [0, 0.1) is 0 Å². The minimum atomic E-state index is -1.31. The van der Waals surface area contributed by atoms with Gasteiger partial charge in [0.05, 0.1) is 92.5 Å². The largest absolute Gasteiger partial charge is 0.394 e. The van der Waals surface area contributed by atoms with Crippen LogP contribution < -0.4 is 0 Å². The van der Waals surface area contributed by atoms with Crippen molar-refractivity contribution in [1.82, 2.24) is 4.90 Å². The van der Waals surface area contributed by atoms with Crippen LogP contribution in [0.5, 0.6) is 0 Å². The summed E-state index contributed by atoms with van der Waals surface area (Å²) in [6.45, 7) is 2.82. The molecule has 2 heterocycles. The van der Waals surface area contributed by atoms with Crippen LogP contribution in [0.4, 0.5) is 0 Å². The molecule has 0 aliphatic carbocycles. The van der Waals surface area contributed by atoms with E-state index in [-0.39, 0.29) is 85.2 Å². The lowest BCUT2D eigenvalue weighted by Crippen LogP contribution is -2.66. The zero-order valence-corrected chi connectivity index (χ0v) is 51.3. The van der Waals surface area contributed by atoms with E-state index in [0.29, 0.717) is 25.3 Å². The normalized spacial score (nSPS) is 21.5. The molecule has 2 aliphatic rings. The van der Waals surface area contributed by atoms with Gasteiger partial charge >= 0.3 is 0 Å². The number of hydrogen-bond donors (Lipinski definition) is 2. The van der Waals surface area contributed by atoms with Crippen LogP contribution in [0.1, 0.15) is 54.9 Å². The Hall–Kier alpha value is -7.33. The summed E-state index contributed by atoms with van der Waals surface area (Å²) >= 11 is 0. The number of carbonyl (C=O) groups is 1. The fourth-order valence-electron chi connectivity index (χ4n) is 10.9. The lowest BCUT2D eigenvalue weighted by Gasteiger charge is -2.49. The summed E-state index contributed by atoms with van der Waals surface area (Å²) in [5.41, 5.74) is 7.96. The van der Waals surface area contributed by atoms with Crippen molar-refractivity contribution in [2.75, 3.05) is 52.8 Å². The standard InChI is InChI=1S/C75H83NO15/c77-47-65-67(78)69(85-50-59-30-14-4-15-31-59)71(87-52-61-34-18-6-19-35-61)75(89-65)91-68-66(55-83-49-58-28-12-3-13-29-58)90-74(72(88-53-62-36-20-7-21-37-62)70(68)86-51-60-32-16-5-17-33-60)84-45-44-81-43-42-80-41-40-76(46-56-24-8-1-9-25-56)73(79)64-39-23-22-38-63(64)54-82-48-57-26-10-2-11-27-57/h1-39,65-72,74-75,77-78H,40-55H2/t65-,66-,67+,68-,69+,70+,71-,72-,74-,75+/m1/s1. The molecule has 2 saturated heterocycles. The van der Waals surface area contributed by atoms with Gasteiger partial charge in [0.2, 0.25) is 0 Å². The van der Waals surface area contributed by atoms with E-state index in [4.69, 9.17) is 56.8 Å². The van der Waals surface area contributed by atoms with E-state index in [1.54, 1.807) is 0 Å². The molecular weight excluding hydrogens is 1150 g/mol. The van der Waals surface area contributed by atoms with Crippen LogP contribution in [0.2, 0.25) is 0 Å². The molecule has 0 spiro atoms. The highest BCUT2D eigenvalue weighted by Gasteiger charge is 2.54. The van der Waals surface area contributed by atoms with Crippen LogP contribution in [-0.4, -0.2) is 135 Å². The van der Waals surface area contributed by atoms with Crippen LogP contribution in [0.3, 0.4) is 0 Å². The molecule has 0 saturated carbocycles. The molecule has 10 atom stereocenters. The molecule has 1 amide bonds. The van der Waals surface area contributed by atoms with E-state index in [0.717, 1.165) is 44.5 Å². The molecular formula is C75H83NO15. The third kappa shape index (κ3) is 20.6. The van der Waals surface area contributed by atoms with Crippen molar-refractivity contribution in [3.05, 3.63) is 287 Å². The van der Waals surface area contributed by atoms with Crippen molar-refractivity contribution < 1.29 is 71.8 Å². The van der Waals surface area contributed by atoms with Crippen molar-refractivity contribution in [2.45, 2.75) is 114 Å². The fraction of sp³-hybridized carbons (Fsp3) is 0.347. The second-order valence-electron chi connectivity index (χ2n) is 22.3. The third-order valence-electron chi connectivity index (χ3n) is 15.7. The number of benzene rings is 8. The second kappa shape index (κ2) is 36.6. The fourth-order valence-corrected chi connectivity index (χ4v) is 10.9. The number of aliphatic hydroxyl groups excluding tert-OH is 2. The van der Waals surface area contributed by atoms with Crippen molar-refractivity contribution in [3.8, 4) is 0 Å². The molecule has 0 radical (unpaired) electrons. The molecule has 0 unspecified atom stereocenters. The smallest absolute Gasteiger partial charge is 0.254 e. The highest BCUT2D eigenvalue weighted by molar-refractivity contribution is 5.95. The molecule has 2 fully saturated rings. The first-order valence-corrected chi connectivity index (χ1v) is 31.2. The molecule has 8 aromatic rings. The third-order valence-corrected chi connectivity index (χ3v) is 15.7. The summed E-state index contributed by atoms with van der Waals surface area (Å²) in [5.74, 6) is -0.112. The van der Waals surface area contributed by atoms with Gasteiger partial charge in [0.15, 0.2) is 12.6 Å². The van der Waals surface area contributed by atoms with Gasteiger partial charge in [-0.1, -0.05) is 231 Å². The zero-order valence-electron chi connectivity index (χ0n) is 51.3. The van der Waals surface area contributed by atoms with Crippen LogP contribution in [0.25, 0.3) is 0 Å². The highest BCUT2D eigenvalue weighted by atomic mass is 16.8. The van der Waals surface area contributed by atoms with E-state index in [1.807, 2.05) is 241 Å². The summed E-state index contributed by atoms with van der Waals surface area (Å²) < 4.78 is 79.7. The molecule has 16 nitrogen and oxygen atoms in total. The maximum absolute atomic E-state index is 14.4. The first kappa shape index (κ1) is 66.6. The predicted molar refractivity (Wildman–Crippen MR) is 342 cm³/mol. The van der Waals surface area contributed by atoms with Crippen LogP contribution in [-0.2, 0) is 110 Å². The topological polar surface area (TPSA) is 172 Å². The Morgan fingerprint density at radius 2 is 0.780 bits per heavy atom. The Bertz CT molecular complexity index is 3270. The van der Waals surface area contributed by atoms with E-state index in [1.165, 1.54) is 0 Å². The Labute approximate surface area is 534 Å². The highest BCUT2D eigenvalue weighted by Crippen LogP contribution is 2.36. The summed E-state index contributed by atoms with van der Waals surface area (Å²) in [4.78, 5) is 16.2. The van der Waals surface area contributed by atoms with Crippen molar-refractivity contribution in [2.24, 2.45) is 0 Å². The number of rotatable bonds is 36. The van der Waals surface area contributed by atoms with Crippen LogP contribution in [0.15, 0.2) is 237 Å². The first-order valence-electron chi connectivity index (χ1n) is 31.2. The number of aliphatic hydroxyl groups is 2. The molecule has 478 valence electrons. The number of hydrogen-bond acceptors (Lipinski definition) is 15. The SMILES string of the molecule is O=C(c1ccccc1COCc1ccccc1)N(CCOCCOCCO[C@@H]1O[C@H](COCc2ccccc2)[C@@H](O[C@@H]2O[C@H](CO)[C@H](O)[C@H](OCc3ccccc3)[C@H]2OCc2ccccc2)[C@H](OCc2ccccc2)[C@H]1OCc1ccccc1)Cc1ccccc1. The van der Waals surface area contributed by atoms with Crippen molar-refractivity contribution in [1.29, 1.82) is 0 Å². The second-order valence-corrected chi connectivity index (χ2v) is 22.3. The molecule has 2 N–H and O–H groups in total. The Morgan fingerprint density at radius 1 is 0.374 bits per heavy atom. The van der Waals surface area contributed by atoms with Crippen molar-refractivity contribution in [3.63, 3.8) is 0 Å². The first-order chi connectivity index (χ1) is 45.0. The molecule has 0 bridgehead atoms. The monoisotopic (exact) mass is 1240 g/mol. The predicted octanol–water partition coefficient (Wildman–Crippen LogP) is 10.8. The van der Waals surface area contributed by atoms with Crippen molar-refractivity contribution >= 4 is 5.91 Å². The molecule has 16 heteroatoms. The number of nitrogens with zero attached hydrogens (tertiary/aromatic N) is 1. The maximum atomic E-state index is 14.4.